The van der Waals surface area contributed by atoms with Crippen LogP contribution in [0.4, 0.5) is 0 Å². The van der Waals surface area contributed by atoms with Crippen LogP contribution >= 0.6 is 11.6 Å². The predicted molar refractivity (Wildman–Crippen MR) is 74.3 cm³/mol. The Kier molecular flexibility index (Phi) is 2.77. The van der Waals surface area contributed by atoms with Crippen molar-refractivity contribution in [3.8, 4) is 0 Å². The minimum absolute atomic E-state index is 0.0437. The number of halogens is 1. The van der Waals surface area contributed by atoms with Crippen LogP contribution in [0.3, 0.4) is 0 Å². The highest BCUT2D eigenvalue weighted by molar-refractivity contribution is 6.30. The highest BCUT2D eigenvalue weighted by atomic mass is 35.5. The summed E-state index contributed by atoms with van der Waals surface area (Å²) in [7, 11) is 0. The normalized spacial score (nSPS) is 24.5. The molecule has 2 heteroatoms. The van der Waals surface area contributed by atoms with Gasteiger partial charge in [-0.2, -0.15) is 0 Å². The molecule has 0 radical (unpaired) electrons. The fourth-order valence-electron chi connectivity index (χ4n) is 2.21. The van der Waals surface area contributed by atoms with Crippen molar-refractivity contribution in [1.82, 2.24) is 0 Å². The first-order valence-electron chi connectivity index (χ1n) is 5.83. The Morgan fingerprint density at radius 2 is 1.72 bits per heavy atom. The lowest BCUT2D eigenvalue weighted by Crippen LogP contribution is -2.26. The molecule has 0 saturated carbocycles. The molecule has 0 unspecified atom stereocenters. The number of allylic oxidation sites excluding steroid dienone is 6. The number of hydrogen-bond acceptors (Lipinski definition) is 1. The van der Waals surface area contributed by atoms with Gasteiger partial charge in [0, 0.05) is 17.0 Å². The van der Waals surface area contributed by atoms with Gasteiger partial charge in [-0.1, -0.05) is 48.0 Å². The summed E-state index contributed by atoms with van der Waals surface area (Å²) in [5.41, 5.74) is 1.73. The number of carbonyl (C=O) groups excluding carboxylic acids is 1. The molecule has 0 heterocycles. The molecule has 0 fully saturated rings. The molecule has 3 rings (SSSR count). The largest absolute Gasteiger partial charge is 0.289 e. The fraction of sp³-hybridized carbons (Fsp3) is 0.0625. The van der Waals surface area contributed by atoms with Crippen molar-refractivity contribution in [1.29, 1.82) is 0 Å². The van der Waals surface area contributed by atoms with Gasteiger partial charge in [-0.25, -0.2) is 0 Å². The van der Waals surface area contributed by atoms with Gasteiger partial charge < -0.3 is 0 Å². The lowest BCUT2D eigenvalue weighted by atomic mass is 9.92. The molecule has 0 saturated heterocycles. The third-order valence-electron chi connectivity index (χ3n) is 3.15. The van der Waals surface area contributed by atoms with E-state index in [0.29, 0.717) is 6.42 Å². The lowest BCUT2D eigenvalue weighted by Gasteiger charge is -2.13. The summed E-state index contributed by atoms with van der Waals surface area (Å²) >= 11 is 6.02. The van der Waals surface area contributed by atoms with Gasteiger partial charge in [0.1, 0.15) is 0 Å². The molecular weight excluding hydrogens is 244 g/mol. The van der Waals surface area contributed by atoms with Crippen LogP contribution < -0.4 is 10.4 Å². The zero-order chi connectivity index (χ0) is 12.5. The fourth-order valence-corrected chi connectivity index (χ4v) is 2.42. The Bertz CT molecular complexity index is 733. The molecule has 18 heavy (non-hydrogen) atoms. The second-order valence-corrected chi connectivity index (χ2v) is 4.85. The first-order chi connectivity index (χ1) is 8.74. The van der Waals surface area contributed by atoms with Crippen molar-refractivity contribution in [2.24, 2.45) is 0 Å². The van der Waals surface area contributed by atoms with Crippen LogP contribution in [0.5, 0.6) is 0 Å². The first-order valence-corrected chi connectivity index (χ1v) is 6.20. The van der Waals surface area contributed by atoms with Crippen LogP contribution in [0.15, 0.2) is 58.7 Å². The molecule has 2 aliphatic carbocycles. The average molecular weight is 255 g/mol. The molecule has 0 spiro atoms. The standard InChI is InChI=1S/C16H11ClO/c17-14-7-8-15-13(9-14)6-5-11-3-1-2-4-12(11)10-16(15)18/h1-8,10H,9H2/b11-5-,12-10-,13-6-. The van der Waals surface area contributed by atoms with Gasteiger partial charge in [-0.3, -0.25) is 4.79 Å². The van der Waals surface area contributed by atoms with E-state index >= 15 is 0 Å². The van der Waals surface area contributed by atoms with E-state index in [1.165, 1.54) is 0 Å². The van der Waals surface area contributed by atoms with Crippen LogP contribution in [0.25, 0.3) is 12.2 Å². The van der Waals surface area contributed by atoms with E-state index in [1.54, 1.807) is 18.2 Å². The molecular formula is C16H11ClO. The molecule has 1 nitrogen and oxygen atoms in total. The van der Waals surface area contributed by atoms with Gasteiger partial charge in [0.2, 0.25) is 0 Å². The third-order valence-corrected chi connectivity index (χ3v) is 3.41. The summed E-state index contributed by atoms with van der Waals surface area (Å²) < 4.78 is 0. The van der Waals surface area contributed by atoms with Crippen molar-refractivity contribution in [2.75, 3.05) is 0 Å². The van der Waals surface area contributed by atoms with Crippen LogP contribution in [0.1, 0.15) is 6.42 Å². The maximum atomic E-state index is 12.2. The highest BCUT2D eigenvalue weighted by Crippen LogP contribution is 2.27. The molecule has 0 aliphatic heterocycles. The molecule has 0 atom stereocenters. The number of ketones is 1. The Morgan fingerprint density at radius 1 is 0.944 bits per heavy atom. The van der Waals surface area contributed by atoms with Crippen molar-refractivity contribution in [3.63, 3.8) is 0 Å². The second-order valence-electron chi connectivity index (χ2n) is 4.37. The number of rotatable bonds is 0. The topological polar surface area (TPSA) is 17.1 Å². The number of carbonyl (C=O) groups is 1. The monoisotopic (exact) mass is 254 g/mol. The van der Waals surface area contributed by atoms with E-state index in [9.17, 15) is 4.79 Å². The van der Waals surface area contributed by atoms with E-state index in [4.69, 9.17) is 11.6 Å². The summed E-state index contributed by atoms with van der Waals surface area (Å²) in [4.78, 5) is 12.2. The Balaban J connectivity index is 2.27. The number of benzene rings is 1. The van der Waals surface area contributed by atoms with Gasteiger partial charge >= 0.3 is 0 Å². The van der Waals surface area contributed by atoms with Gasteiger partial charge in [0.05, 0.1) is 0 Å². The number of Topliss-reactive ketones (excluding diaryl/α,β-unsaturated/α-hetero) is 1. The zero-order valence-corrected chi connectivity index (χ0v) is 10.4. The minimum atomic E-state index is 0.0437. The molecule has 2 aliphatic rings. The summed E-state index contributed by atoms with van der Waals surface area (Å²) in [6.45, 7) is 0. The third kappa shape index (κ3) is 1.98. The first kappa shape index (κ1) is 11.2. The van der Waals surface area contributed by atoms with Crippen LogP contribution in [0.2, 0.25) is 0 Å². The zero-order valence-electron chi connectivity index (χ0n) is 9.69. The molecule has 0 bridgehead atoms. The van der Waals surface area contributed by atoms with E-state index in [2.05, 4.69) is 0 Å². The molecule has 0 aromatic heterocycles. The van der Waals surface area contributed by atoms with Gasteiger partial charge in [-0.05, 0) is 34.2 Å². The van der Waals surface area contributed by atoms with Crippen molar-refractivity contribution < 1.29 is 4.79 Å². The Labute approximate surface area is 110 Å². The Morgan fingerprint density at radius 3 is 2.56 bits per heavy atom. The molecule has 1 aromatic rings. The highest BCUT2D eigenvalue weighted by Gasteiger charge is 2.16. The lowest BCUT2D eigenvalue weighted by molar-refractivity contribution is -0.109. The molecule has 0 N–H and O–H groups in total. The summed E-state index contributed by atoms with van der Waals surface area (Å²) in [5, 5.41) is 2.78. The second kappa shape index (κ2) is 4.43. The maximum Gasteiger partial charge on any atom is 0.186 e. The van der Waals surface area contributed by atoms with E-state index < -0.39 is 0 Å². The van der Waals surface area contributed by atoms with Crippen molar-refractivity contribution >= 4 is 29.5 Å². The molecule has 88 valence electrons. The number of hydrogen-bond donors (Lipinski definition) is 0. The smallest absolute Gasteiger partial charge is 0.186 e. The molecule has 0 amide bonds. The van der Waals surface area contributed by atoms with Gasteiger partial charge in [0.25, 0.3) is 0 Å². The van der Waals surface area contributed by atoms with Crippen LogP contribution in [0, 0.1) is 0 Å². The maximum absolute atomic E-state index is 12.2. The summed E-state index contributed by atoms with van der Waals surface area (Å²) in [6.07, 6.45) is 9.96. The predicted octanol–water partition coefficient (Wildman–Crippen LogP) is 2.21. The van der Waals surface area contributed by atoms with Gasteiger partial charge in [-0.15, -0.1) is 0 Å². The Hall–Kier alpha value is -1.86. The number of fused-ring (bicyclic) bond motifs is 2. The van der Waals surface area contributed by atoms with E-state index in [-0.39, 0.29) is 5.78 Å². The quantitative estimate of drug-likeness (QED) is 0.694. The average Bonchev–Trinajstić information content (AvgIpc) is 2.36. The van der Waals surface area contributed by atoms with Crippen molar-refractivity contribution in [3.05, 3.63) is 69.1 Å². The van der Waals surface area contributed by atoms with Crippen LogP contribution in [-0.2, 0) is 4.79 Å². The van der Waals surface area contributed by atoms with Gasteiger partial charge in [0.15, 0.2) is 5.78 Å². The molecule has 1 aromatic carbocycles. The van der Waals surface area contributed by atoms with E-state index in [0.717, 1.165) is 26.6 Å². The van der Waals surface area contributed by atoms with E-state index in [1.807, 2.05) is 36.4 Å². The van der Waals surface area contributed by atoms with Crippen LogP contribution in [-0.4, -0.2) is 5.78 Å². The van der Waals surface area contributed by atoms with Crippen molar-refractivity contribution in [2.45, 2.75) is 6.42 Å². The SMILES string of the molecule is O=C1/C=c2/cccc/c2=C/C=C2/CC(Cl)=CC=C12. The minimum Gasteiger partial charge on any atom is -0.289 e. The summed E-state index contributed by atoms with van der Waals surface area (Å²) in [5.74, 6) is 0.0437. The summed E-state index contributed by atoms with van der Waals surface area (Å²) in [6, 6.07) is 7.87.